The van der Waals surface area contributed by atoms with E-state index in [2.05, 4.69) is 62.6 Å². The van der Waals surface area contributed by atoms with Crippen LogP contribution in [0.5, 0.6) is 0 Å². The van der Waals surface area contributed by atoms with E-state index in [0.717, 1.165) is 42.1 Å². The van der Waals surface area contributed by atoms with Crippen molar-refractivity contribution in [2.45, 2.75) is 64.0 Å². The number of hydrogen-bond donors (Lipinski definition) is 1. The van der Waals surface area contributed by atoms with Gasteiger partial charge >= 0.3 is 5.69 Å². The van der Waals surface area contributed by atoms with Gasteiger partial charge in [0.1, 0.15) is 12.4 Å². The van der Waals surface area contributed by atoms with Crippen molar-refractivity contribution in [1.29, 1.82) is 0 Å². The van der Waals surface area contributed by atoms with Gasteiger partial charge < -0.3 is 5.32 Å². The first-order valence-corrected chi connectivity index (χ1v) is 13.3. The predicted octanol–water partition coefficient (Wildman–Crippen LogP) is 5.43. The molecule has 4 fully saturated rings. The molecule has 3 aromatic rings. The third kappa shape index (κ3) is 4.25. The van der Waals surface area contributed by atoms with Gasteiger partial charge in [-0.2, -0.15) is 10.2 Å². The van der Waals surface area contributed by atoms with E-state index in [0.29, 0.717) is 30.6 Å². The fourth-order valence-electron chi connectivity index (χ4n) is 7.50. The normalized spacial score (nSPS) is 28.4. The first-order chi connectivity index (χ1) is 17.2. The number of nitrogens with zero attached hydrogens (tertiary/aromatic N) is 5. The summed E-state index contributed by atoms with van der Waals surface area (Å²) in [6.45, 7) is 2.69. The minimum atomic E-state index is -0.386. The van der Waals surface area contributed by atoms with Crippen molar-refractivity contribution in [2.75, 3.05) is 5.32 Å². The molecule has 2 aromatic heterocycles. The van der Waals surface area contributed by atoms with Crippen LogP contribution >= 0.6 is 15.9 Å². The molecule has 2 atom stereocenters. The van der Waals surface area contributed by atoms with E-state index in [1.54, 1.807) is 6.20 Å². The number of nitrogens with one attached hydrogen (secondary N) is 1. The third-order valence-electron chi connectivity index (χ3n) is 8.39. The maximum atomic E-state index is 13.3. The molecule has 188 valence electrons. The highest BCUT2D eigenvalue weighted by molar-refractivity contribution is 9.10. The summed E-state index contributed by atoms with van der Waals surface area (Å²) in [5.74, 6) is 1.57. The van der Waals surface area contributed by atoms with Gasteiger partial charge in [0.25, 0.3) is 0 Å². The number of amides is 1. The number of benzene rings is 1. The molecule has 36 heavy (non-hydrogen) atoms. The molecule has 0 spiro atoms. The van der Waals surface area contributed by atoms with Gasteiger partial charge in [0, 0.05) is 12.6 Å². The summed E-state index contributed by atoms with van der Waals surface area (Å²) in [7, 11) is 0. The summed E-state index contributed by atoms with van der Waals surface area (Å²) in [5, 5.41) is 23.3. The van der Waals surface area contributed by atoms with Gasteiger partial charge in [-0.25, -0.2) is 0 Å². The maximum absolute atomic E-state index is 13.3. The molecule has 2 heterocycles. The van der Waals surface area contributed by atoms with Crippen molar-refractivity contribution in [1.82, 2.24) is 19.6 Å². The monoisotopic (exact) mass is 552 g/mol. The lowest BCUT2D eigenvalue weighted by Crippen LogP contribution is -2.57. The number of anilines is 1. The smallest absolute Gasteiger partial charge is 0.307 e. The number of halogens is 1. The Morgan fingerprint density at radius 3 is 2.58 bits per heavy atom. The maximum Gasteiger partial charge on any atom is 0.307 e. The van der Waals surface area contributed by atoms with Gasteiger partial charge in [-0.3, -0.25) is 24.3 Å². The number of carbonyl (C=O) groups excluding carboxylic acids is 1. The zero-order chi connectivity index (χ0) is 25.1. The highest BCUT2D eigenvalue weighted by Gasteiger charge is 2.59. The average molecular weight is 553 g/mol. The lowest BCUT2D eigenvalue weighted by Gasteiger charge is -2.61. The molecule has 1 amide bonds. The number of hydrogen-bond acceptors (Lipinski definition) is 5. The topological polar surface area (TPSA) is 108 Å². The van der Waals surface area contributed by atoms with Crippen molar-refractivity contribution in [3.05, 3.63) is 68.6 Å². The van der Waals surface area contributed by atoms with Gasteiger partial charge in [0.05, 0.1) is 21.5 Å². The van der Waals surface area contributed by atoms with Gasteiger partial charge in [-0.1, -0.05) is 29.8 Å². The summed E-state index contributed by atoms with van der Waals surface area (Å²) in [6, 6.07) is 8.33. The fraction of sp³-hybridized carbons (Fsp3) is 0.500. The molecular weight excluding hydrogens is 524 g/mol. The average Bonchev–Trinajstić information content (AvgIpc) is 3.42. The number of aromatic nitrogens is 4. The first kappa shape index (κ1) is 23.4. The molecule has 2 unspecified atom stereocenters. The van der Waals surface area contributed by atoms with E-state index in [4.69, 9.17) is 0 Å². The summed E-state index contributed by atoms with van der Waals surface area (Å²) < 4.78 is 4.43. The predicted molar refractivity (Wildman–Crippen MR) is 137 cm³/mol. The molecule has 0 saturated heterocycles. The van der Waals surface area contributed by atoms with Crippen molar-refractivity contribution >= 4 is 33.3 Å². The molecule has 4 bridgehead atoms. The molecule has 7 rings (SSSR count). The molecule has 0 radical (unpaired) electrons. The largest absolute Gasteiger partial charge is 0.308 e. The zero-order valence-corrected chi connectivity index (χ0v) is 21.8. The lowest BCUT2D eigenvalue weighted by atomic mass is 9.46. The van der Waals surface area contributed by atoms with Crippen LogP contribution in [0.25, 0.3) is 0 Å². The molecule has 1 aromatic carbocycles. The number of aryl methyl sites for hydroxylation is 1. The number of nitro groups is 1. The lowest BCUT2D eigenvalue weighted by molar-refractivity contribution is -0.385. The molecule has 4 saturated carbocycles. The molecule has 4 aliphatic rings. The van der Waals surface area contributed by atoms with Crippen LogP contribution in [0, 0.1) is 34.3 Å². The summed E-state index contributed by atoms with van der Waals surface area (Å²) in [6.07, 6.45) is 11.3. The quantitative estimate of drug-likeness (QED) is 0.310. The SMILES string of the molecule is Cc1ccc(Cn2cc(Br)c(NC(=O)CC34CC5CC(C3)CC(n3cc([N+](=O)[O-])cn3)(C5)C4)n2)cc1. The van der Waals surface area contributed by atoms with Crippen molar-refractivity contribution in [3.63, 3.8) is 0 Å². The zero-order valence-electron chi connectivity index (χ0n) is 20.2. The Morgan fingerprint density at radius 1 is 1.19 bits per heavy atom. The second kappa shape index (κ2) is 8.54. The van der Waals surface area contributed by atoms with Crippen LogP contribution in [0.2, 0.25) is 0 Å². The van der Waals surface area contributed by atoms with Crippen LogP contribution in [0.3, 0.4) is 0 Å². The van der Waals surface area contributed by atoms with Crippen LogP contribution in [0.1, 0.15) is 56.1 Å². The van der Waals surface area contributed by atoms with Crippen molar-refractivity contribution < 1.29 is 9.72 Å². The molecule has 0 aliphatic heterocycles. The second-order valence-corrected chi connectivity index (χ2v) is 12.2. The van der Waals surface area contributed by atoms with Crippen LogP contribution in [-0.4, -0.2) is 30.4 Å². The summed E-state index contributed by atoms with van der Waals surface area (Å²) in [5.41, 5.74) is 2.06. The van der Waals surface area contributed by atoms with E-state index < -0.39 is 0 Å². The van der Waals surface area contributed by atoms with Crippen LogP contribution in [0.4, 0.5) is 11.5 Å². The summed E-state index contributed by atoms with van der Waals surface area (Å²) >= 11 is 3.55. The van der Waals surface area contributed by atoms with E-state index in [1.165, 1.54) is 18.2 Å². The summed E-state index contributed by atoms with van der Waals surface area (Å²) in [4.78, 5) is 24.2. The third-order valence-corrected chi connectivity index (χ3v) is 8.97. The van der Waals surface area contributed by atoms with E-state index >= 15 is 0 Å². The highest BCUT2D eigenvalue weighted by Crippen LogP contribution is 2.65. The van der Waals surface area contributed by atoms with E-state index in [9.17, 15) is 14.9 Å². The Hall–Kier alpha value is -3.01. The fourth-order valence-corrected chi connectivity index (χ4v) is 7.92. The van der Waals surface area contributed by atoms with Gasteiger partial charge in [-0.05, 0) is 84.2 Å². The van der Waals surface area contributed by atoms with Gasteiger partial charge in [-0.15, -0.1) is 0 Å². The molecule has 1 N–H and O–H groups in total. The minimum absolute atomic E-state index is 0.0279. The molecule has 9 nitrogen and oxygen atoms in total. The Balaban J connectivity index is 1.17. The Bertz CT molecular complexity index is 1320. The van der Waals surface area contributed by atoms with Gasteiger partial charge in [0.2, 0.25) is 5.91 Å². The standard InChI is InChI=1S/C26H29BrN6O3/c1-17-2-4-18(5-3-17)13-31-15-22(27)24(30-31)29-23(34)11-25-7-19-6-20(8-25)10-26(9-19,16-25)32-14-21(12-28-32)33(35)36/h2-5,12,14-15,19-20H,6-11,13,16H2,1H3,(H,29,30,34). The van der Waals surface area contributed by atoms with Crippen LogP contribution in [-0.2, 0) is 16.9 Å². The Morgan fingerprint density at radius 2 is 1.92 bits per heavy atom. The Labute approximate surface area is 217 Å². The molecular formula is C26H29BrN6O3. The molecule has 4 aliphatic carbocycles. The minimum Gasteiger partial charge on any atom is -0.308 e. The second-order valence-electron chi connectivity index (χ2n) is 11.3. The highest BCUT2D eigenvalue weighted by atomic mass is 79.9. The Kier molecular flexibility index (Phi) is 5.55. The first-order valence-electron chi connectivity index (χ1n) is 12.5. The van der Waals surface area contributed by atoms with Crippen molar-refractivity contribution in [2.24, 2.45) is 17.3 Å². The van der Waals surface area contributed by atoms with E-state index in [1.807, 2.05) is 15.6 Å². The van der Waals surface area contributed by atoms with Crippen LogP contribution < -0.4 is 5.32 Å². The number of carbonyl (C=O) groups is 1. The number of rotatable bonds is 7. The van der Waals surface area contributed by atoms with Crippen molar-refractivity contribution in [3.8, 4) is 0 Å². The van der Waals surface area contributed by atoms with Gasteiger partial charge in [0.15, 0.2) is 5.82 Å². The molecule has 10 heteroatoms. The van der Waals surface area contributed by atoms with E-state index in [-0.39, 0.29) is 27.5 Å². The van der Waals surface area contributed by atoms with Crippen LogP contribution in [0.15, 0.2) is 47.3 Å².